The monoisotopic (exact) mass is 202 g/mol. The van der Waals surface area contributed by atoms with Gasteiger partial charge in [0.05, 0.1) is 12.2 Å². The maximum Gasteiger partial charge on any atom is 0.127 e. The molecule has 2 heterocycles. The minimum absolute atomic E-state index is 0.520. The first-order valence-electron chi connectivity index (χ1n) is 4.14. The zero-order valence-corrected chi connectivity index (χ0v) is 8.31. The highest BCUT2D eigenvalue weighted by Crippen LogP contribution is 2.28. The van der Waals surface area contributed by atoms with Crippen LogP contribution in [0.1, 0.15) is 18.9 Å². The first-order valence-corrected chi connectivity index (χ1v) is 5.68. The Labute approximate surface area is 81.3 Å². The number of halogens is 1. The second-order valence-corrected chi connectivity index (χ2v) is 4.51. The van der Waals surface area contributed by atoms with E-state index in [4.69, 9.17) is 11.6 Å². The Hall–Kier alpha value is -0.150. The molecule has 2 nitrogen and oxygen atoms in total. The van der Waals surface area contributed by atoms with Gasteiger partial charge in [-0.15, -0.1) is 0 Å². The van der Waals surface area contributed by atoms with E-state index >= 15 is 0 Å². The Kier molecular flexibility index (Phi) is 2.61. The topological polar surface area (TPSA) is 17.8 Å². The van der Waals surface area contributed by atoms with Gasteiger partial charge in [0.1, 0.15) is 5.15 Å². The fraction of sp³-hybridized carbons (Fsp3) is 0.625. The van der Waals surface area contributed by atoms with E-state index in [-0.39, 0.29) is 0 Å². The van der Waals surface area contributed by atoms with Gasteiger partial charge in [-0.05, 0) is 24.7 Å². The normalized spacial score (nSPS) is 24.2. The van der Waals surface area contributed by atoms with Crippen LogP contribution in [0.25, 0.3) is 0 Å². The lowest BCUT2D eigenvalue weighted by Crippen LogP contribution is -2.17. The van der Waals surface area contributed by atoms with Gasteiger partial charge in [-0.25, -0.2) is 0 Å². The fourth-order valence-electron chi connectivity index (χ4n) is 1.48. The third-order valence-corrected chi connectivity index (χ3v) is 3.60. The molecule has 0 spiro atoms. The van der Waals surface area contributed by atoms with E-state index < -0.39 is 0 Å². The Morgan fingerprint density at radius 1 is 1.67 bits per heavy atom. The molecule has 66 valence electrons. The molecule has 2 rings (SSSR count). The van der Waals surface area contributed by atoms with Gasteiger partial charge >= 0.3 is 0 Å². The lowest BCUT2D eigenvalue weighted by molar-refractivity contribution is 0.455. The summed E-state index contributed by atoms with van der Waals surface area (Å²) in [4.78, 5) is 0. The van der Waals surface area contributed by atoms with Crippen LogP contribution < -0.4 is 0 Å². The van der Waals surface area contributed by atoms with Crippen LogP contribution in [-0.4, -0.2) is 21.3 Å². The van der Waals surface area contributed by atoms with Crippen molar-refractivity contribution in [3.8, 4) is 0 Å². The smallest absolute Gasteiger partial charge is 0.127 e. The quantitative estimate of drug-likeness (QED) is 0.697. The van der Waals surface area contributed by atoms with Gasteiger partial charge in [0.15, 0.2) is 0 Å². The fourth-order valence-corrected chi connectivity index (χ4v) is 2.84. The molecule has 4 heteroatoms. The van der Waals surface area contributed by atoms with Crippen LogP contribution in [-0.2, 0) is 0 Å². The molecule has 1 saturated heterocycles. The number of rotatable bonds is 1. The molecule has 0 bridgehead atoms. The van der Waals surface area contributed by atoms with E-state index in [1.54, 1.807) is 6.20 Å². The first-order chi connectivity index (χ1) is 5.88. The summed E-state index contributed by atoms with van der Waals surface area (Å²) in [5.41, 5.74) is 0. The Morgan fingerprint density at radius 3 is 3.17 bits per heavy atom. The highest BCUT2D eigenvalue weighted by molar-refractivity contribution is 7.99. The molecule has 1 atom stereocenters. The largest absolute Gasteiger partial charge is 0.250 e. The van der Waals surface area contributed by atoms with Crippen LogP contribution in [0.2, 0.25) is 5.15 Å². The highest BCUT2D eigenvalue weighted by atomic mass is 35.5. The zero-order chi connectivity index (χ0) is 8.39. The summed E-state index contributed by atoms with van der Waals surface area (Å²) in [6.45, 7) is 0. The van der Waals surface area contributed by atoms with Crippen LogP contribution in [0.4, 0.5) is 0 Å². The van der Waals surface area contributed by atoms with Gasteiger partial charge in [-0.2, -0.15) is 16.9 Å². The van der Waals surface area contributed by atoms with E-state index in [9.17, 15) is 0 Å². The van der Waals surface area contributed by atoms with Crippen molar-refractivity contribution in [2.45, 2.75) is 18.9 Å². The lowest BCUT2D eigenvalue weighted by atomic mass is 10.2. The second kappa shape index (κ2) is 3.71. The molecule has 0 aromatic carbocycles. The Morgan fingerprint density at radius 2 is 2.58 bits per heavy atom. The summed E-state index contributed by atoms with van der Waals surface area (Å²) >= 11 is 7.95. The number of aromatic nitrogens is 2. The van der Waals surface area contributed by atoms with Gasteiger partial charge < -0.3 is 0 Å². The zero-order valence-electron chi connectivity index (χ0n) is 6.74. The molecule has 1 aliphatic rings. The third kappa shape index (κ3) is 1.62. The van der Waals surface area contributed by atoms with Gasteiger partial charge in [0.2, 0.25) is 0 Å². The summed E-state index contributed by atoms with van der Waals surface area (Å²) in [5.74, 6) is 2.44. The predicted molar refractivity (Wildman–Crippen MR) is 52.8 cm³/mol. The Balaban J connectivity index is 2.13. The van der Waals surface area contributed by atoms with Gasteiger partial charge in [-0.3, -0.25) is 4.68 Å². The van der Waals surface area contributed by atoms with E-state index in [0.717, 1.165) is 10.9 Å². The van der Waals surface area contributed by atoms with Crippen LogP contribution in [0.3, 0.4) is 0 Å². The molecular formula is C8H11ClN2S. The molecule has 1 aliphatic heterocycles. The molecule has 1 aromatic rings. The first kappa shape index (κ1) is 8.45. The van der Waals surface area contributed by atoms with Crippen LogP contribution in [0, 0.1) is 0 Å². The van der Waals surface area contributed by atoms with Crippen molar-refractivity contribution in [3.63, 3.8) is 0 Å². The lowest BCUT2D eigenvalue weighted by Gasteiger charge is -2.22. The van der Waals surface area contributed by atoms with Crippen molar-refractivity contribution in [3.05, 3.63) is 17.4 Å². The van der Waals surface area contributed by atoms with Crippen molar-refractivity contribution < 1.29 is 0 Å². The SMILES string of the molecule is Clc1ccnn1C1CCCSC1. The van der Waals surface area contributed by atoms with Crippen LogP contribution >= 0.6 is 23.4 Å². The van der Waals surface area contributed by atoms with Crippen molar-refractivity contribution in [2.75, 3.05) is 11.5 Å². The second-order valence-electron chi connectivity index (χ2n) is 2.97. The van der Waals surface area contributed by atoms with Gasteiger partial charge in [0.25, 0.3) is 0 Å². The summed E-state index contributed by atoms with van der Waals surface area (Å²) in [6.07, 6.45) is 4.27. The summed E-state index contributed by atoms with van der Waals surface area (Å²) < 4.78 is 1.94. The molecule has 1 fully saturated rings. The molecule has 0 saturated carbocycles. The third-order valence-electron chi connectivity index (χ3n) is 2.10. The van der Waals surface area contributed by atoms with Gasteiger partial charge in [0, 0.05) is 5.75 Å². The van der Waals surface area contributed by atoms with E-state index in [1.807, 2.05) is 22.5 Å². The van der Waals surface area contributed by atoms with Gasteiger partial charge in [-0.1, -0.05) is 11.6 Å². The van der Waals surface area contributed by atoms with Crippen LogP contribution in [0.15, 0.2) is 12.3 Å². The van der Waals surface area contributed by atoms with E-state index in [2.05, 4.69) is 5.10 Å². The maximum absolute atomic E-state index is 5.96. The molecule has 1 aromatic heterocycles. The number of hydrogen-bond donors (Lipinski definition) is 0. The molecule has 0 aliphatic carbocycles. The van der Waals surface area contributed by atoms with Crippen molar-refractivity contribution in [1.29, 1.82) is 0 Å². The summed E-state index contributed by atoms with van der Waals surface area (Å²) in [6, 6.07) is 2.37. The molecule has 0 N–H and O–H groups in total. The van der Waals surface area contributed by atoms with E-state index in [0.29, 0.717) is 6.04 Å². The molecule has 0 radical (unpaired) electrons. The molecule has 12 heavy (non-hydrogen) atoms. The standard InChI is InChI=1S/C8H11ClN2S/c9-8-3-4-10-11(8)7-2-1-5-12-6-7/h3-4,7H,1-2,5-6H2. The minimum atomic E-state index is 0.520. The average molecular weight is 203 g/mol. The summed E-state index contributed by atoms with van der Waals surface area (Å²) in [5, 5.41) is 4.98. The molecule has 1 unspecified atom stereocenters. The Bertz CT molecular complexity index is 255. The van der Waals surface area contributed by atoms with Crippen molar-refractivity contribution in [2.24, 2.45) is 0 Å². The molecular weight excluding hydrogens is 192 g/mol. The molecule has 0 amide bonds. The van der Waals surface area contributed by atoms with Crippen LogP contribution in [0.5, 0.6) is 0 Å². The highest BCUT2D eigenvalue weighted by Gasteiger charge is 2.17. The maximum atomic E-state index is 5.96. The number of thioether (sulfide) groups is 1. The number of hydrogen-bond acceptors (Lipinski definition) is 2. The minimum Gasteiger partial charge on any atom is -0.250 e. The summed E-state index contributed by atoms with van der Waals surface area (Å²) in [7, 11) is 0. The van der Waals surface area contributed by atoms with E-state index in [1.165, 1.54) is 18.6 Å². The predicted octanol–water partition coefficient (Wildman–Crippen LogP) is 2.60. The average Bonchev–Trinajstić information content (AvgIpc) is 2.53. The van der Waals surface area contributed by atoms with Crippen molar-refractivity contribution in [1.82, 2.24) is 9.78 Å². The van der Waals surface area contributed by atoms with Crippen molar-refractivity contribution >= 4 is 23.4 Å². The number of nitrogens with zero attached hydrogens (tertiary/aromatic N) is 2.